The summed E-state index contributed by atoms with van der Waals surface area (Å²) in [5, 5.41) is 8.65. The Labute approximate surface area is 121 Å². The Morgan fingerprint density at radius 3 is 2.55 bits per heavy atom. The molecule has 1 unspecified atom stereocenters. The molecule has 108 valence electrons. The number of amides is 1. The summed E-state index contributed by atoms with van der Waals surface area (Å²) in [4.78, 5) is 14.0. The molecule has 4 nitrogen and oxygen atoms in total. The zero-order valence-corrected chi connectivity index (χ0v) is 12.2. The fourth-order valence-electron chi connectivity index (χ4n) is 2.10. The Hall–Kier alpha value is -1.86. The van der Waals surface area contributed by atoms with Crippen LogP contribution < -0.4 is 5.73 Å². The average molecular weight is 273 g/mol. The molecule has 1 aromatic carbocycles. The highest BCUT2D eigenvalue weighted by Crippen LogP contribution is 2.08. The van der Waals surface area contributed by atoms with Crippen molar-refractivity contribution in [3.63, 3.8) is 0 Å². The molecule has 20 heavy (non-hydrogen) atoms. The van der Waals surface area contributed by atoms with E-state index in [1.165, 1.54) is 5.56 Å². The number of carbonyl (C=O) groups excluding carboxylic acids is 1. The average Bonchev–Trinajstić information content (AvgIpc) is 2.45. The van der Waals surface area contributed by atoms with Crippen molar-refractivity contribution in [2.45, 2.75) is 45.2 Å². The molecule has 1 aromatic rings. The standard InChI is InChI=1S/C16H23N3O/c1-13(2)19(12-6-11-17)16(20)15(18)10-9-14-7-4-3-5-8-14/h3-5,7-8,13,15H,6,9-10,12,18H2,1-2H3. The van der Waals surface area contributed by atoms with E-state index >= 15 is 0 Å². The van der Waals surface area contributed by atoms with Crippen molar-refractivity contribution in [3.05, 3.63) is 35.9 Å². The number of aryl methyl sites for hydroxylation is 1. The summed E-state index contributed by atoms with van der Waals surface area (Å²) in [6.07, 6.45) is 1.76. The van der Waals surface area contributed by atoms with Crippen molar-refractivity contribution in [3.8, 4) is 6.07 Å². The topological polar surface area (TPSA) is 70.1 Å². The van der Waals surface area contributed by atoms with E-state index in [4.69, 9.17) is 11.0 Å². The second-order valence-electron chi connectivity index (χ2n) is 5.16. The number of benzene rings is 1. The number of nitriles is 1. The zero-order valence-electron chi connectivity index (χ0n) is 12.2. The predicted octanol–water partition coefficient (Wildman–Crippen LogP) is 2.10. The van der Waals surface area contributed by atoms with Crippen LogP contribution in [0.15, 0.2) is 30.3 Å². The summed E-state index contributed by atoms with van der Waals surface area (Å²) in [6, 6.07) is 11.6. The third kappa shape index (κ3) is 5.02. The molecule has 0 aliphatic carbocycles. The van der Waals surface area contributed by atoms with Crippen LogP contribution >= 0.6 is 0 Å². The molecule has 0 bridgehead atoms. The Kier molecular flexibility index (Phi) is 6.75. The van der Waals surface area contributed by atoms with Gasteiger partial charge in [0, 0.05) is 12.6 Å². The number of hydrogen-bond donors (Lipinski definition) is 1. The fraction of sp³-hybridized carbons (Fsp3) is 0.500. The molecule has 0 fully saturated rings. The highest BCUT2D eigenvalue weighted by Gasteiger charge is 2.22. The molecular formula is C16H23N3O. The minimum absolute atomic E-state index is 0.0637. The van der Waals surface area contributed by atoms with Gasteiger partial charge in [-0.25, -0.2) is 0 Å². The van der Waals surface area contributed by atoms with E-state index in [2.05, 4.69) is 6.07 Å². The van der Waals surface area contributed by atoms with Crippen LogP contribution in [0.25, 0.3) is 0 Å². The molecule has 0 spiro atoms. The lowest BCUT2D eigenvalue weighted by molar-refractivity contribution is -0.134. The summed E-state index contributed by atoms with van der Waals surface area (Å²) in [7, 11) is 0. The van der Waals surface area contributed by atoms with E-state index in [0.29, 0.717) is 19.4 Å². The maximum Gasteiger partial charge on any atom is 0.239 e. The van der Waals surface area contributed by atoms with E-state index in [0.717, 1.165) is 6.42 Å². The Balaban J connectivity index is 2.54. The summed E-state index contributed by atoms with van der Waals surface area (Å²) in [5.74, 6) is -0.0637. The molecule has 0 saturated carbocycles. The van der Waals surface area contributed by atoms with Gasteiger partial charge in [-0.05, 0) is 32.3 Å². The Morgan fingerprint density at radius 1 is 1.35 bits per heavy atom. The van der Waals surface area contributed by atoms with Crippen molar-refractivity contribution in [1.82, 2.24) is 4.90 Å². The van der Waals surface area contributed by atoms with Gasteiger partial charge in [0.2, 0.25) is 5.91 Å². The molecule has 0 aliphatic heterocycles. The number of rotatable bonds is 7. The maximum atomic E-state index is 12.3. The van der Waals surface area contributed by atoms with Gasteiger partial charge in [-0.15, -0.1) is 0 Å². The second kappa shape index (κ2) is 8.34. The summed E-state index contributed by atoms with van der Waals surface area (Å²) in [5.41, 5.74) is 7.19. The van der Waals surface area contributed by atoms with Crippen molar-refractivity contribution in [2.75, 3.05) is 6.54 Å². The molecule has 1 rings (SSSR count). The first-order valence-corrected chi connectivity index (χ1v) is 7.03. The molecule has 2 N–H and O–H groups in total. The van der Waals surface area contributed by atoms with Gasteiger partial charge in [-0.3, -0.25) is 4.79 Å². The van der Waals surface area contributed by atoms with Gasteiger partial charge in [-0.2, -0.15) is 5.26 Å². The van der Waals surface area contributed by atoms with Gasteiger partial charge >= 0.3 is 0 Å². The van der Waals surface area contributed by atoms with Crippen LogP contribution in [0.1, 0.15) is 32.3 Å². The lowest BCUT2D eigenvalue weighted by Crippen LogP contribution is -2.47. The van der Waals surface area contributed by atoms with Gasteiger partial charge in [0.25, 0.3) is 0 Å². The Bertz CT molecular complexity index is 451. The van der Waals surface area contributed by atoms with Crippen LogP contribution in [0.2, 0.25) is 0 Å². The van der Waals surface area contributed by atoms with Crippen molar-refractivity contribution < 1.29 is 4.79 Å². The van der Waals surface area contributed by atoms with Crippen LogP contribution in [0.5, 0.6) is 0 Å². The SMILES string of the molecule is CC(C)N(CCC#N)C(=O)C(N)CCc1ccccc1. The molecule has 0 aromatic heterocycles. The lowest BCUT2D eigenvalue weighted by atomic mass is 10.0. The number of nitrogens with zero attached hydrogens (tertiary/aromatic N) is 2. The van der Waals surface area contributed by atoms with Crippen LogP contribution in [-0.2, 0) is 11.2 Å². The Morgan fingerprint density at radius 2 is 2.00 bits per heavy atom. The molecule has 0 heterocycles. The van der Waals surface area contributed by atoms with Crippen LogP contribution in [0, 0.1) is 11.3 Å². The van der Waals surface area contributed by atoms with Gasteiger partial charge < -0.3 is 10.6 Å². The molecule has 4 heteroatoms. The van der Waals surface area contributed by atoms with Gasteiger partial charge in [-0.1, -0.05) is 30.3 Å². The minimum Gasteiger partial charge on any atom is -0.338 e. The second-order valence-corrected chi connectivity index (χ2v) is 5.16. The highest BCUT2D eigenvalue weighted by molar-refractivity contribution is 5.81. The first-order chi connectivity index (χ1) is 9.56. The third-order valence-corrected chi connectivity index (χ3v) is 3.27. The number of carbonyl (C=O) groups is 1. The van der Waals surface area contributed by atoms with Crippen LogP contribution in [0.3, 0.4) is 0 Å². The number of nitrogens with two attached hydrogens (primary N) is 1. The monoisotopic (exact) mass is 273 g/mol. The van der Waals surface area contributed by atoms with Crippen molar-refractivity contribution in [2.24, 2.45) is 5.73 Å². The predicted molar refractivity (Wildman–Crippen MR) is 79.8 cm³/mol. The quantitative estimate of drug-likeness (QED) is 0.827. The fourth-order valence-corrected chi connectivity index (χ4v) is 2.10. The van der Waals surface area contributed by atoms with Crippen LogP contribution in [0.4, 0.5) is 0 Å². The smallest absolute Gasteiger partial charge is 0.239 e. The highest BCUT2D eigenvalue weighted by atomic mass is 16.2. The third-order valence-electron chi connectivity index (χ3n) is 3.27. The minimum atomic E-state index is -0.503. The van der Waals surface area contributed by atoms with Crippen LogP contribution in [-0.4, -0.2) is 29.4 Å². The summed E-state index contributed by atoms with van der Waals surface area (Å²) >= 11 is 0. The van der Waals surface area contributed by atoms with Gasteiger partial charge in [0.15, 0.2) is 0 Å². The number of hydrogen-bond acceptors (Lipinski definition) is 3. The van der Waals surface area contributed by atoms with Crippen molar-refractivity contribution in [1.29, 1.82) is 5.26 Å². The molecular weight excluding hydrogens is 250 g/mol. The summed E-state index contributed by atoms with van der Waals surface area (Å²) in [6.45, 7) is 4.34. The normalized spacial score (nSPS) is 11.9. The molecule has 0 radical (unpaired) electrons. The van der Waals surface area contributed by atoms with E-state index in [1.54, 1.807) is 4.90 Å². The molecule has 1 atom stereocenters. The van der Waals surface area contributed by atoms with E-state index in [-0.39, 0.29) is 11.9 Å². The van der Waals surface area contributed by atoms with Gasteiger partial charge in [0.1, 0.15) is 0 Å². The maximum absolute atomic E-state index is 12.3. The summed E-state index contributed by atoms with van der Waals surface area (Å²) < 4.78 is 0. The largest absolute Gasteiger partial charge is 0.338 e. The molecule has 0 saturated heterocycles. The first-order valence-electron chi connectivity index (χ1n) is 7.03. The lowest BCUT2D eigenvalue weighted by Gasteiger charge is -2.28. The van der Waals surface area contributed by atoms with Crippen molar-refractivity contribution >= 4 is 5.91 Å². The van der Waals surface area contributed by atoms with E-state index in [9.17, 15) is 4.79 Å². The van der Waals surface area contributed by atoms with E-state index < -0.39 is 6.04 Å². The van der Waals surface area contributed by atoms with Gasteiger partial charge in [0.05, 0.1) is 18.5 Å². The zero-order chi connectivity index (χ0) is 15.0. The first kappa shape index (κ1) is 16.2. The molecule has 1 amide bonds. The van der Waals surface area contributed by atoms with E-state index in [1.807, 2.05) is 44.2 Å². The molecule has 0 aliphatic rings.